The Labute approximate surface area is 109 Å². The highest BCUT2D eigenvalue weighted by Gasteiger charge is 2.12. The lowest BCUT2D eigenvalue weighted by Gasteiger charge is -2.25. The summed E-state index contributed by atoms with van der Waals surface area (Å²) in [5, 5.41) is 10.8. The van der Waals surface area contributed by atoms with Gasteiger partial charge < -0.3 is 10.0 Å². The molecule has 0 aliphatic heterocycles. The Bertz CT molecular complexity index is 341. The summed E-state index contributed by atoms with van der Waals surface area (Å²) in [6, 6.07) is 7.97. The maximum absolute atomic E-state index is 10.1. The quantitative estimate of drug-likeness (QED) is 0.841. The minimum atomic E-state index is -0.429. The average molecular weight is 256 g/mol. The van der Waals surface area contributed by atoms with Crippen molar-refractivity contribution in [3.8, 4) is 0 Å². The third kappa shape index (κ3) is 4.66. The molecular formula is C14H22ClNO. The van der Waals surface area contributed by atoms with E-state index in [0.717, 1.165) is 25.1 Å². The van der Waals surface area contributed by atoms with Crippen LogP contribution in [0.5, 0.6) is 0 Å². The summed E-state index contributed by atoms with van der Waals surface area (Å²) < 4.78 is 0. The van der Waals surface area contributed by atoms with E-state index in [2.05, 4.69) is 25.7 Å². The lowest BCUT2D eigenvalue weighted by molar-refractivity contribution is 0.133. The number of hydrogen-bond donors (Lipinski definition) is 1. The molecule has 1 rings (SSSR count). The molecule has 0 bridgehead atoms. The topological polar surface area (TPSA) is 23.5 Å². The van der Waals surface area contributed by atoms with Gasteiger partial charge in [0, 0.05) is 17.6 Å². The monoisotopic (exact) mass is 255 g/mol. The van der Waals surface area contributed by atoms with Crippen molar-refractivity contribution < 1.29 is 5.11 Å². The molecule has 1 aromatic carbocycles. The van der Waals surface area contributed by atoms with Gasteiger partial charge in [0.1, 0.15) is 0 Å². The van der Waals surface area contributed by atoms with Crippen molar-refractivity contribution in [2.75, 3.05) is 13.1 Å². The summed E-state index contributed by atoms with van der Waals surface area (Å²) >= 11 is 5.91. The van der Waals surface area contributed by atoms with Gasteiger partial charge in [-0.1, -0.05) is 30.7 Å². The molecule has 3 heteroatoms. The van der Waals surface area contributed by atoms with E-state index < -0.39 is 6.10 Å². The number of aliphatic hydroxyl groups excluding tert-OH is 1. The van der Waals surface area contributed by atoms with Gasteiger partial charge >= 0.3 is 0 Å². The third-order valence-corrected chi connectivity index (χ3v) is 3.29. The third-order valence-electron chi connectivity index (χ3n) is 3.06. The van der Waals surface area contributed by atoms with Gasteiger partial charge in [-0.3, -0.25) is 0 Å². The summed E-state index contributed by atoms with van der Waals surface area (Å²) in [6.45, 7) is 8.41. The van der Waals surface area contributed by atoms with Crippen LogP contribution in [0.3, 0.4) is 0 Å². The number of hydrogen-bond acceptors (Lipinski definition) is 2. The molecule has 0 fully saturated rings. The first-order valence-electron chi connectivity index (χ1n) is 6.22. The smallest absolute Gasteiger partial charge is 0.0802 e. The molecule has 1 N–H and O–H groups in total. The predicted molar refractivity (Wildman–Crippen MR) is 73.4 cm³/mol. The van der Waals surface area contributed by atoms with Crippen LogP contribution in [-0.4, -0.2) is 29.1 Å². The van der Waals surface area contributed by atoms with Gasteiger partial charge in [0.15, 0.2) is 0 Å². The predicted octanol–water partition coefficient (Wildman–Crippen LogP) is 3.49. The summed E-state index contributed by atoms with van der Waals surface area (Å²) in [4.78, 5) is 2.34. The van der Waals surface area contributed by atoms with Gasteiger partial charge in [-0.25, -0.2) is 0 Å². The van der Waals surface area contributed by atoms with Gasteiger partial charge in [0.25, 0.3) is 0 Å². The summed E-state index contributed by atoms with van der Waals surface area (Å²) in [5.74, 6) is 0. The fourth-order valence-electron chi connectivity index (χ4n) is 1.95. The van der Waals surface area contributed by atoms with Gasteiger partial charge in [0.05, 0.1) is 6.10 Å². The zero-order chi connectivity index (χ0) is 12.8. The van der Waals surface area contributed by atoms with Gasteiger partial charge in [-0.2, -0.15) is 0 Å². The number of nitrogens with zero attached hydrogens (tertiary/aromatic N) is 1. The van der Waals surface area contributed by atoms with E-state index in [1.807, 2.05) is 24.3 Å². The molecule has 2 nitrogen and oxygen atoms in total. The van der Waals surface area contributed by atoms with Crippen molar-refractivity contribution in [2.45, 2.75) is 39.3 Å². The van der Waals surface area contributed by atoms with Crippen molar-refractivity contribution in [1.82, 2.24) is 4.90 Å². The minimum absolute atomic E-state index is 0.429. The summed E-state index contributed by atoms with van der Waals surface area (Å²) in [5.41, 5.74) is 0.900. The van der Waals surface area contributed by atoms with E-state index in [1.165, 1.54) is 0 Å². The molecule has 0 amide bonds. The zero-order valence-corrected chi connectivity index (χ0v) is 11.6. The highest BCUT2D eigenvalue weighted by atomic mass is 35.5. The molecular weight excluding hydrogens is 234 g/mol. The van der Waals surface area contributed by atoms with Crippen LogP contribution < -0.4 is 0 Å². The summed E-state index contributed by atoms with van der Waals surface area (Å²) in [6.07, 6.45) is 0.313. The van der Waals surface area contributed by atoms with Crippen molar-refractivity contribution in [3.05, 3.63) is 34.9 Å². The first kappa shape index (κ1) is 14.5. The largest absolute Gasteiger partial charge is 0.388 e. The lowest BCUT2D eigenvalue weighted by atomic mass is 10.1. The number of aliphatic hydroxyl groups is 1. The van der Waals surface area contributed by atoms with Crippen LogP contribution in [-0.2, 0) is 0 Å². The molecule has 0 saturated heterocycles. The van der Waals surface area contributed by atoms with Crippen molar-refractivity contribution in [2.24, 2.45) is 0 Å². The van der Waals surface area contributed by atoms with Crippen LogP contribution in [0.1, 0.15) is 38.9 Å². The van der Waals surface area contributed by atoms with Gasteiger partial charge in [0.2, 0.25) is 0 Å². The Morgan fingerprint density at radius 2 is 2.06 bits per heavy atom. The van der Waals surface area contributed by atoms with Crippen LogP contribution in [0, 0.1) is 0 Å². The zero-order valence-electron chi connectivity index (χ0n) is 10.9. The Morgan fingerprint density at radius 3 is 2.59 bits per heavy atom. The molecule has 0 aliphatic rings. The first-order chi connectivity index (χ1) is 8.04. The van der Waals surface area contributed by atoms with E-state index in [0.29, 0.717) is 11.1 Å². The molecule has 0 radical (unpaired) electrons. The Balaban J connectivity index is 2.52. The second-order valence-electron chi connectivity index (χ2n) is 4.58. The van der Waals surface area contributed by atoms with E-state index in [-0.39, 0.29) is 0 Å². The normalized spacial score (nSPS) is 13.4. The molecule has 96 valence electrons. The van der Waals surface area contributed by atoms with Crippen LogP contribution in [0.2, 0.25) is 5.02 Å². The van der Waals surface area contributed by atoms with E-state index in [1.54, 1.807) is 0 Å². The second-order valence-corrected chi connectivity index (χ2v) is 5.02. The molecule has 0 aliphatic carbocycles. The van der Waals surface area contributed by atoms with Crippen LogP contribution in [0.4, 0.5) is 0 Å². The molecule has 1 aromatic rings. The second kappa shape index (κ2) is 7.00. The van der Waals surface area contributed by atoms with E-state index in [4.69, 9.17) is 11.6 Å². The summed E-state index contributed by atoms with van der Waals surface area (Å²) in [7, 11) is 0. The molecule has 0 heterocycles. The van der Waals surface area contributed by atoms with Gasteiger partial charge in [-0.05, 0) is 44.5 Å². The van der Waals surface area contributed by atoms with Gasteiger partial charge in [-0.15, -0.1) is 0 Å². The fraction of sp³-hybridized carbons (Fsp3) is 0.571. The van der Waals surface area contributed by atoms with E-state index >= 15 is 0 Å². The number of halogens is 1. The highest BCUT2D eigenvalue weighted by molar-refractivity contribution is 6.30. The minimum Gasteiger partial charge on any atom is -0.388 e. The Kier molecular flexibility index (Phi) is 5.96. The Morgan fingerprint density at radius 1 is 1.35 bits per heavy atom. The average Bonchev–Trinajstić information content (AvgIpc) is 2.29. The van der Waals surface area contributed by atoms with E-state index in [9.17, 15) is 5.11 Å². The first-order valence-corrected chi connectivity index (χ1v) is 6.60. The molecule has 1 unspecified atom stereocenters. The van der Waals surface area contributed by atoms with Crippen molar-refractivity contribution in [1.29, 1.82) is 0 Å². The molecule has 0 aromatic heterocycles. The maximum Gasteiger partial charge on any atom is 0.0802 e. The Hall–Kier alpha value is -0.570. The molecule has 0 spiro atoms. The molecule has 0 saturated carbocycles. The van der Waals surface area contributed by atoms with Crippen LogP contribution in [0.25, 0.3) is 0 Å². The highest BCUT2D eigenvalue weighted by Crippen LogP contribution is 2.20. The fourth-order valence-corrected chi connectivity index (χ4v) is 2.15. The number of rotatable bonds is 6. The lowest BCUT2D eigenvalue weighted by Crippen LogP contribution is -2.32. The standard InChI is InChI=1S/C14H22ClNO/c1-4-16(11(2)3)9-8-14(17)12-6-5-7-13(15)10-12/h5-7,10-11,14,17H,4,8-9H2,1-3H3. The van der Waals surface area contributed by atoms with Crippen molar-refractivity contribution in [3.63, 3.8) is 0 Å². The van der Waals surface area contributed by atoms with Crippen LogP contribution in [0.15, 0.2) is 24.3 Å². The van der Waals surface area contributed by atoms with Crippen LogP contribution >= 0.6 is 11.6 Å². The maximum atomic E-state index is 10.1. The molecule has 17 heavy (non-hydrogen) atoms. The number of benzene rings is 1. The van der Waals surface area contributed by atoms with Crippen molar-refractivity contribution >= 4 is 11.6 Å². The molecule has 1 atom stereocenters. The SMILES string of the molecule is CCN(CCC(O)c1cccc(Cl)c1)C(C)C.